The van der Waals surface area contributed by atoms with Crippen molar-refractivity contribution in [2.24, 2.45) is 0 Å². The number of aromatic nitrogens is 1. The topological polar surface area (TPSA) is 25.4 Å². The van der Waals surface area contributed by atoms with Crippen molar-refractivity contribution in [2.45, 2.75) is 19.9 Å². The van der Waals surface area contributed by atoms with Crippen LogP contribution in [0.1, 0.15) is 16.8 Å². The lowest BCUT2D eigenvalue weighted by Gasteiger charge is -2.25. The molecule has 0 radical (unpaired) electrons. The normalized spacial score (nSPS) is 15.1. The maximum atomic E-state index is 5.82. The Balaban J connectivity index is 0.00000161. The first-order valence-electron chi connectivity index (χ1n) is 7.17. The summed E-state index contributed by atoms with van der Waals surface area (Å²) in [5.41, 5.74) is 3.59. The molecule has 4 heteroatoms. The number of hydrogen-bond acceptors (Lipinski definition) is 3. The summed E-state index contributed by atoms with van der Waals surface area (Å²) in [5.74, 6) is 0.823. The molecule has 3 nitrogen and oxygen atoms in total. The number of pyridine rings is 1. The van der Waals surface area contributed by atoms with Crippen molar-refractivity contribution in [2.75, 3.05) is 19.7 Å². The van der Waals surface area contributed by atoms with Crippen LogP contribution in [0.5, 0.6) is 5.88 Å². The Bertz CT molecular complexity index is 574. The van der Waals surface area contributed by atoms with Crippen LogP contribution in [-0.4, -0.2) is 29.6 Å². The monoisotopic (exact) mass is 304 g/mol. The first kappa shape index (κ1) is 15.8. The van der Waals surface area contributed by atoms with E-state index >= 15 is 0 Å². The van der Waals surface area contributed by atoms with E-state index < -0.39 is 0 Å². The van der Waals surface area contributed by atoms with E-state index in [-0.39, 0.29) is 12.4 Å². The Morgan fingerprint density at radius 2 is 1.90 bits per heavy atom. The molecule has 0 amide bonds. The third kappa shape index (κ3) is 4.19. The third-order valence-electron chi connectivity index (χ3n) is 3.67. The third-order valence-corrected chi connectivity index (χ3v) is 3.67. The van der Waals surface area contributed by atoms with E-state index in [1.807, 2.05) is 6.92 Å². The number of halogens is 1. The Kier molecular flexibility index (Phi) is 5.59. The molecule has 0 atom stereocenters. The van der Waals surface area contributed by atoms with Crippen LogP contribution in [0.3, 0.4) is 0 Å². The summed E-state index contributed by atoms with van der Waals surface area (Å²) < 4.78 is 5.82. The fourth-order valence-electron chi connectivity index (χ4n) is 2.54. The molecular weight excluding hydrogens is 284 g/mol. The smallest absolute Gasteiger partial charge is 0.216 e. The summed E-state index contributed by atoms with van der Waals surface area (Å²) in [4.78, 5) is 6.93. The van der Waals surface area contributed by atoms with Gasteiger partial charge in [0.05, 0.1) is 0 Å². The minimum absolute atomic E-state index is 0. The lowest BCUT2D eigenvalue weighted by atomic mass is 10.1. The Morgan fingerprint density at radius 1 is 1.10 bits per heavy atom. The minimum Gasteiger partial charge on any atom is -0.476 e. The van der Waals surface area contributed by atoms with Crippen LogP contribution >= 0.6 is 12.4 Å². The number of aryl methyl sites for hydroxylation is 1. The van der Waals surface area contributed by atoms with Crippen LogP contribution in [-0.2, 0) is 13.0 Å². The van der Waals surface area contributed by atoms with E-state index in [0.717, 1.165) is 37.6 Å². The minimum atomic E-state index is 0. The molecule has 112 valence electrons. The fraction of sp³-hybridized carbons (Fsp3) is 0.353. The maximum Gasteiger partial charge on any atom is 0.216 e. The molecule has 0 spiro atoms. The molecule has 2 aromatic rings. The molecule has 1 aromatic carbocycles. The summed E-state index contributed by atoms with van der Waals surface area (Å²) in [5, 5.41) is 0. The Labute approximate surface area is 132 Å². The van der Waals surface area contributed by atoms with Crippen molar-refractivity contribution in [1.82, 2.24) is 9.88 Å². The van der Waals surface area contributed by atoms with Gasteiger partial charge in [0.2, 0.25) is 5.88 Å². The molecule has 0 saturated heterocycles. The van der Waals surface area contributed by atoms with Crippen LogP contribution in [0.4, 0.5) is 0 Å². The maximum absolute atomic E-state index is 5.82. The molecule has 2 heterocycles. The number of fused-ring (bicyclic) bond motifs is 1. The SMILES string of the molecule is Cc1ccc2c(n1)OCCN(Cc1ccccc1)CC2.Cl. The highest BCUT2D eigenvalue weighted by molar-refractivity contribution is 5.85. The van der Waals surface area contributed by atoms with Crippen LogP contribution in [0.15, 0.2) is 42.5 Å². The van der Waals surface area contributed by atoms with Crippen LogP contribution in [0.25, 0.3) is 0 Å². The zero-order chi connectivity index (χ0) is 13.8. The zero-order valence-electron chi connectivity index (χ0n) is 12.3. The van der Waals surface area contributed by atoms with E-state index in [0.29, 0.717) is 6.61 Å². The molecule has 0 aliphatic carbocycles. The lowest BCUT2D eigenvalue weighted by molar-refractivity contribution is 0.187. The predicted octanol–water partition coefficient (Wildman–Crippen LogP) is 3.25. The largest absolute Gasteiger partial charge is 0.476 e. The number of rotatable bonds is 2. The number of nitrogens with zero attached hydrogens (tertiary/aromatic N) is 2. The summed E-state index contributed by atoms with van der Waals surface area (Å²) in [6.45, 7) is 5.69. The second kappa shape index (κ2) is 7.43. The Morgan fingerprint density at radius 3 is 2.71 bits per heavy atom. The second-order valence-electron chi connectivity index (χ2n) is 5.28. The fourth-order valence-corrected chi connectivity index (χ4v) is 2.54. The van der Waals surface area contributed by atoms with Gasteiger partial charge in [-0.25, -0.2) is 4.98 Å². The van der Waals surface area contributed by atoms with Crippen LogP contribution in [0, 0.1) is 6.92 Å². The van der Waals surface area contributed by atoms with Crippen molar-refractivity contribution in [3.8, 4) is 5.88 Å². The highest BCUT2D eigenvalue weighted by Crippen LogP contribution is 2.19. The van der Waals surface area contributed by atoms with Crippen molar-refractivity contribution < 1.29 is 4.74 Å². The Hall–Kier alpha value is -1.58. The van der Waals surface area contributed by atoms with Gasteiger partial charge < -0.3 is 4.74 Å². The van der Waals surface area contributed by atoms with Crippen molar-refractivity contribution in [3.05, 3.63) is 59.3 Å². The highest BCUT2D eigenvalue weighted by atomic mass is 35.5. The van der Waals surface area contributed by atoms with E-state index in [9.17, 15) is 0 Å². The second-order valence-corrected chi connectivity index (χ2v) is 5.28. The standard InChI is InChI=1S/C17H20N2O.ClH/c1-14-7-8-16-9-10-19(11-12-20-17(16)18-14)13-15-5-3-2-4-6-15;/h2-8H,9-13H2,1H3;1H. The highest BCUT2D eigenvalue weighted by Gasteiger charge is 2.14. The molecule has 1 aliphatic rings. The predicted molar refractivity (Wildman–Crippen MR) is 87.1 cm³/mol. The summed E-state index contributed by atoms with van der Waals surface area (Å²) in [6.07, 6.45) is 0.995. The molecule has 21 heavy (non-hydrogen) atoms. The van der Waals surface area contributed by atoms with Gasteiger partial charge in [-0.1, -0.05) is 36.4 Å². The van der Waals surface area contributed by atoms with Gasteiger partial charge in [0.25, 0.3) is 0 Å². The van der Waals surface area contributed by atoms with Crippen molar-refractivity contribution >= 4 is 12.4 Å². The van der Waals surface area contributed by atoms with Crippen LogP contribution in [0.2, 0.25) is 0 Å². The van der Waals surface area contributed by atoms with Gasteiger partial charge in [0.15, 0.2) is 0 Å². The first-order valence-corrected chi connectivity index (χ1v) is 7.17. The van der Waals surface area contributed by atoms with Gasteiger partial charge in [-0.05, 0) is 25.0 Å². The summed E-state index contributed by atoms with van der Waals surface area (Å²) >= 11 is 0. The lowest BCUT2D eigenvalue weighted by Crippen LogP contribution is -2.32. The molecule has 1 aromatic heterocycles. The van der Waals surface area contributed by atoms with Crippen molar-refractivity contribution in [3.63, 3.8) is 0 Å². The van der Waals surface area contributed by atoms with E-state index in [1.54, 1.807) is 0 Å². The molecule has 0 bridgehead atoms. The van der Waals surface area contributed by atoms with E-state index in [1.165, 1.54) is 11.1 Å². The van der Waals surface area contributed by atoms with Gasteiger partial charge in [0.1, 0.15) is 6.61 Å². The average molecular weight is 305 g/mol. The van der Waals surface area contributed by atoms with E-state index in [4.69, 9.17) is 4.74 Å². The molecular formula is C17H21ClN2O. The zero-order valence-corrected chi connectivity index (χ0v) is 13.1. The van der Waals surface area contributed by atoms with Crippen molar-refractivity contribution in [1.29, 1.82) is 0 Å². The quantitative estimate of drug-likeness (QED) is 0.851. The van der Waals surface area contributed by atoms with Gasteiger partial charge in [-0.3, -0.25) is 4.90 Å². The molecule has 1 aliphatic heterocycles. The number of benzene rings is 1. The summed E-state index contributed by atoms with van der Waals surface area (Å²) in [7, 11) is 0. The van der Waals surface area contributed by atoms with E-state index in [2.05, 4.69) is 52.3 Å². The van der Waals surface area contributed by atoms with Gasteiger partial charge in [0, 0.05) is 30.9 Å². The molecule has 0 N–H and O–H groups in total. The van der Waals surface area contributed by atoms with Gasteiger partial charge >= 0.3 is 0 Å². The number of hydrogen-bond donors (Lipinski definition) is 0. The molecule has 0 unspecified atom stereocenters. The molecule has 0 fully saturated rings. The first-order chi connectivity index (χ1) is 9.81. The average Bonchev–Trinajstić information content (AvgIpc) is 2.44. The number of ether oxygens (including phenoxy) is 1. The van der Waals surface area contributed by atoms with Gasteiger partial charge in [-0.2, -0.15) is 0 Å². The molecule has 3 rings (SSSR count). The van der Waals surface area contributed by atoms with Gasteiger partial charge in [-0.15, -0.1) is 12.4 Å². The van der Waals surface area contributed by atoms with Crippen LogP contribution < -0.4 is 4.74 Å². The molecule has 0 saturated carbocycles. The summed E-state index contributed by atoms with van der Waals surface area (Å²) in [6, 6.07) is 14.8.